The molecule has 0 radical (unpaired) electrons. The number of nitrogens with one attached hydrogen (secondary N) is 2. The van der Waals surface area contributed by atoms with E-state index in [9.17, 15) is 10.2 Å². The van der Waals surface area contributed by atoms with E-state index in [4.69, 9.17) is 10.2 Å². The van der Waals surface area contributed by atoms with E-state index in [0.717, 1.165) is 19.5 Å². The summed E-state index contributed by atoms with van der Waals surface area (Å²) in [5.74, 6) is 0. The third-order valence-corrected chi connectivity index (χ3v) is 2.65. The maximum Gasteiger partial charge on any atom is 0.109 e. The molecule has 4 atom stereocenters. The summed E-state index contributed by atoms with van der Waals surface area (Å²) in [6.07, 6.45) is -2.67. The molecule has 0 aromatic carbocycles. The van der Waals surface area contributed by atoms with Gasteiger partial charge in [0.1, 0.15) is 12.2 Å². The van der Waals surface area contributed by atoms with Gasteiger partial charge in [0.15, 0.2) is 0 Å². The van der Waals surface area contributed by atoms with Crippen LogP contribution in [0.3, 0.4) is 0 Å². The second-order valence-corrected chi connectivity index (χ2v) is 3.91. The van der Waals surface area contributed by atoms with Crippen molar-refractivity contribution >= 4 is 0 Å². The van der Waals surface area contributed by atoms with Crippen molar-refractivity contribution in [1.82, 2.24) is 10.6 Å². The largest absolute Gasteiger partial charge is 0.394 e. The molecule has 1 aliphatic rings. The Bertz CT molecular complexity index is 175. The molecular weight excluding hydrogens is 200 g/mol. The second-order valence-electron chi connectivity index (χ2n) is 3.91. The van der Waals surface area contributed by atoms with E-state index in [1.807, 2.05) is 0 Å². The van der Waals surface area contributed by atoms with Crippen LogP contribution >= 0.6 is 0 Å². The van der Waals surface area contributed by atoms with Gasteiger partial charge in [-0.15, -0.1) is 0 Å². The van der Waals surface area contributed by atoms with Crippen LogP contribution in [0.4, 0.5) is 0 Å². The summed E-state index contributed by atoms with van der Waals surface area (Å²) >= 11 is 0. The summed E-state index contributed by atoms with van der Waals surface area (Å²) in [5.41, 5.74) is 0. The van der Waals surface area contributed by atoms with Gasteiger partial charge in [-0.25, -0.2) is 0 Å². The summed E-state index contributed by atoms with van der Waals surface area (Å²) in [6, 6.07) is 0.304. The van der Waals surface area contributed by atoms with Crippen LogP contribution in [-0.4, -0.2) is 71.0 Å². The lowest BCUT2D eigenvalue weighted by molar-refractivity contribution is -0.0754. The Morgan fingerprint density at radius 2 is 2.00 bits per heavy atom. The Morgan fingerprint density at radius 1 is 1.27 bits per heavy atom. The average Bonchev–Trinajstić information content (AvgIpc) is 2.76. The van der Waals surface area contributed by atoms with Crippen LogP contribution in [0.15, 0.2) is 0 Å². The fraction of sp³-hybridized carbons (Fsp3) is 1.00. The first-order chi connectivity index (χ1) is 7.15. The van der Waals surface area contributed by atoms with Crippen molar-refractivity contribution in [2.45, 2.75) is 30.8 Å². The predicted octanol–water partition coefficient (Wildman–Crippen LogP) is -2.99. The third-order valence-electron chi connectivity index (χ3n) is 2.65. The molecule has 1 fully saturated rings. The van der Waals surface area contributed by atoms with Gasteiger partial charge >= 0.3 is 0 Å². The van der Waals surface area contributed by atoms with Gasteiger partial charge in [0.05, 0.1) is 12.7 Å². The minimum absolute atomic E-state index is 0.213. The van der Waals surface area contributed by atoms with Crippen molar-refractivity contribution in [1.29, 1.82) is 0 Å². The quantitative estimate of drug-likeness (QED) is 0.285. The lowest BCUT2D eigenvalue weighted by Crippen LogP contribution is -2.47. The van der Waals surface area contributed by atoms with Crippen LogP contribution in [0.1, 0.15) is 6.42 Å². The predicted molar refractivity (Wildman–Crippen MR) is 54.4 cm³/mol. The van der Waals surface area contributed by atoms with E-state index in [2.05, 4.69) is 10.6 Å². The van der Waals surface area contributed by atoms with E-state index >= 15 is 0 Å². The number of aliphatic hydroxyl groups is 4. The Balaban J connectivity index is 2.19. The van der Waals surface area contributed by atoms with Crippen LogP contribution in [0.2, 0.25) is 0 Å². The Kier molecular flexibility index (Phi) is 5.44. The van der Waals surface area contributed by atoms with Gasteiger partial charge in [0.25, 0.3) is 0 Å². The maximum atomic E-state index is 9.48. The molecule has 6 nitrogen and oxygen atoms in total. The molecule has 1 heterocycles. The van der Waals surface area contributed by atoms with Crippen molar-refractivity contribution in [3.63, 3.8) is 0 Å². The van der Waals surface area contributed by atoms with E-state index in [1.54, 1.807) is 0 Å². The molecule has 6 heteroatoms. The minimum atomic E-state index is -1.31. The molecule has 0 aromatic heterocycles. The molecule has 1 saturated heterocycles. The minimum Gasteiger partial charge on any atom is -0.394 e. The van der Waals surface area contributed by atoms with Gasteiger partial charge in [-0.2, -0.15) is 0 Å². The molecule has 0 bridgehead atoms. The van der Waals surface area contributed by atoms with E-state index in [1.165, 1.54) is 0 Å². The molecule has 15 heavy (non-hydrogen) atoms. The van der Waals surface area contributed by atoms with Crippen molar-refractivity contribution in [3.05, 3.63) is 0 Å². The number of hydrogen-bond acceptors (Lipinski definition) is 6. The number of rotatable bonds is 6. The van der Waals surface area contributed by atoms with Crippen molar-refractivity contribution in [2.24, 2.45) is 0 Å². The lowest BCUT2D eigenvalue weighted by Gasteiger charge is -2.23. The lowest BCUT2D eigenvalue weighted by atomic mass is 10.1. The number of aliphatic hydroxyl groups excluding tert-OH is 4. The summed E-state index contributed by atoms with van der Waals surface area (Å²) < 4.78 is 0. The smallest absolute Gasteiger partial charge is 0.109 e. The highest BCUT2D eigenvalue weighted by molar-refractivity contribution is 4.81. The first-order valence-corrected chi connectivity index (χ1v) is 5.24. The zero-order chi connectivity index (χ0) is 11.3. The van der Waals surface area contributed by atoms with Gasteiger partial charge in [0, 0.05) is 19.1 Å². The SMILES string of the molecule is OC[C@@H](O)[C@H](O)[C@@H](O)CNC1CCNC1. The van der Waals surface area contributed by atoms with Gasteiger partial charge in [-0.3, -0.25) is 0 Å². The Hall–Kier alpha value is -0.240. The highest BCUT2D eigenvalue weighted by atomic mass is 16.4. The molecule has 0 spiro atoms. The molecule has 0 aromatic rings. The standard InChI is InChI=1S/C9H20N2O4/c12-5-8(14)9(15)7(13)4-11-6-1-2-10-3-6/h6-15H,1-5H2/t6?,7-,8+,9+/m0/s1. The second kappa shape index (κ2) is 6.37. The highest BCUT2D eigenvalue weighted by Crippen LogP contribution is 2.01. The average molecular weight is 220 g/mol. The van der Waals surface area contributed by atoms with Crippen LogP contribution in [0.25, 0.3) is 0 Å². The van der Waals surface area contributed by atoms with Crippen molar-refractivity contribution < 1.29 is 20.4 Å². The zero-order valence-electron chi connectivity index (χ0n) is 8.63. The van der Waals surface area contributed by atoms with Gasteiger partial charge in [0.2, 0.25) is 0 Å². The van der Waals surface area contributed by atoms with Gasteiger partial charge in [-0.1, -0.05) is 0 Å². The van der Waals surface area contributed by atoms with E-state index in [-0.39, 0.29) is 6.54 Å². The summed E-state index contributed by atoms with van der Waals surface area (Å²) in [5, 5.41) is 42.7. The molecule has 6 N–H and O–H groups in total. The van der Waals surface area contributed by atoms with E-state index < -0.39 is 24.9 Å². The molecule has 1 aliphatic heterocycles. The Morgan fingerprint density at radius 3 is 2.53 bits per heavy atom. The highest BCUT2D eigenvalue weighted by Gasteiger charge is 2.25. The molecular formula is C9H20N2O4. The van der Waals surface area contributed by atoms with Crippen molar-refractivity contribution in [3.8, 4) is 0 Å². The summed E-state index contributed by atoms with van der Waals surface area (Å²) in [4.78, 5) is 0. The molecule has 0 amide bonds. The number of hydrogen-bond donors (Lipinski definition) is 6. The normalized spacial score (nSPS) is 27.6. The fourth-order valence-electron chi connectivity index (χ4n) is 1.60. The fourth-order valence-corrected chi connectivity index (χ4v) is 1.60. The topological polar surface area (TPSA) is 105 Å². The van der Waals surface area contributed by atoms with Crippen LogP contribution in [-0.2, 0) is 0 Å². The molecule has 0 aliphatic carbocycles. The summed E-state index contributed by atoms with van der Waals surface area (Å²) in [6.45, 7) is 1.47. The summed E-state index contributed by atoms with van der Waals surface area (Å²) in [7, 11) is 0. The molecule has 0 saturated carbocycles. The zero-order valence-corrected chi connectivity index (χ0v) is 8.63. The Labute approximate surface area is 88.9 Å². The monoisotopic (exact) mass is 220 g/mol. The van der Waals surface area contributed by atoms with Crippen LogP contribution in [0, 0.1) is 0 Å². The van der Waals surface area contributed by atoms with Crippen LogP contribution in [0.5, 0.6) is 0 Å². The molecule has 90 valence electrons. The van der Waals surface area contributed by atoms with Gasteiger partial charge < -0.3 is 31.1 Å². The third kappa shape index (κ3) is 4.02. The van der Waals surface area contributed by atoms with Crippen molar-refractivity contribution in [2.75, 3.05) is 26.2 Å². The van der Waals surface area contributed by atoms with Gasteiger partial charge in [-0.05, 0) is 13.0 Å². The van der Waals surface area contributed by atoms with Crippen LogP contribution < -0.4 is 10.6 Å². The maximum absolute atomic E-state index is 9.48. The first-order valence-electron chi connectivity index (χ1n) is 5.24. The first kappa shape index (κ1) is 12.8. The molecule has 1 unspecified atom stereocenters. The molecule has 1 rings (SSSR count). The van der Waals surface area contributed by atoms with E-state index in [0.29, 0.717) is 6.04 Å².